The zero-order chi connectivity index (χ0) is 13.7. The largest absolute Gasteiger partial charge is 0.306 e. The van der Waals surface area contributed by atoms with Crippen molar-refractivity contribution in [1.82, 2.24) is 5.32 Å². The van der Waals surface area contributed by atoms with Gasteiger partial charge in [-0.2, -0.15) is 0 Å². The summed E-state index contributed by atoms with van der Waals surface area (Å²) in [6.07, 6.45) is 1.09. The third kappa shape index (κ3) is 3.82. The number of hydrogen-bond donors (Lipinski definition) is 1. The first-order valence-electron chi connectivity index (χ1n) is 6.76. The lowest BCUT2D eigenvalue weighted by atomic mass is 10.1. The molecule has 1 atom stereocenters. The molecule has 1 N–H and O–H groups in total. The fraction of sp³-hybridized carbons (Fsp3) is 0.294. The Morgan fingerprint density at radius 1 is 1.00 bits per heavy atom. The minimum Gasteiger partial charge on any atom is -0.306 e. The summed E-state index contributed by atoms with van der Waals surface area (Å²) in [5, 5.41) is 4.33. The van der Waals surface area contributed by atoms with Gasteiger partial charge in [0.15, 0.2) is 0 Å². The average molecular weight is 274 g/mol. The van der Waals surface area contributed by atoms with E-state index < -0.39 is 0 Å². The Balaban J connectivity index is 1.96. The van der Waals surface area contributed by atoms with Crippen molar-refractivity contribution in [3.05, 3.63) is 70.2 Å². The molecule has 0 spiro atoms. The Bertz CT molecular complexity index is 519. The quantitative estimate of drug-likeness (QED) is 0.829. The van der Waals surface area contributed by atoms with Gasteiger partial charge in [-0.15, -0.1) is 0 Å². The Labute approximate surface area is 120 Å². The summed E-state index contributed by atoms with van der Waals surface area (Å²) < 4.78 is 0. The van der Waals surface area contributed by atoms with Gasteiger partial charge in [-0.25, -0.2) is 0 Å². The maximum Gasteiger partial charge on any atom is 0.0453 e. The first-order valence-corrected chi connectivity index (χ1v) is 7.14. The lowest BCUT2D eigenvalue weighted by Gasteiger charge is -2.15. The molecule has 0 saturated carbocycles. The monoisotopic (exact) mass is 273 g/mol. The van der Waals surface area contributed by atoms with Gasteiger partial charge in [0.2, 0.25) is 0 Å². The van der Waals surface area contributed by atoms with Crippen molar-refractivity contribution < 1.29 is 0 Å². The van der Waals surface area contributed by atoms with Crippen LogP contribution < -0.4 is 5.32 Å². The van der Waals surface area contributed by atoms with Crippen LogP contribution in [0.5, 0.6) is 0 Å². The second-order valence-electron chi connectivity index (χ2n) is 4.79. The number of hydrogen-bond acceptors (Lipinski definition) is 1. The molecule has 0 aliphatic carbocycles. The highest BCUT2D eigenvalue weighted by atomic mass is 35.5. The van der Waals surface area contributed by atoms with Crippen molar-refractivity contribution in [3.63, 3.8) is 0 Å². The van der Waals surface area contributed by atoms with E-state index in [1.54, 1.807) is 0 Å². The van der Waals surface area contributed by atoms with E-state index in [0.29, 0.717) is 0 Å². The van der Waals surface area contributed by atoms with Crippen LogP contribution in [-0.4, -0.2) is 0 Å². The molecule has 2 aromatic rings. The fourth-order valence-corrected chi connectivity index (χ4v) is 2.40. The first-order chi connectivity index (χ1) is 9.20. The van der Waals surface area contributed by atoms with Gasteiger partial charge in [0, 0.05) is 17.6 Å². The van der Waals surface area contributed by atoms with Crippen molar-refractivity contribution in [3.8, 4) is 0 Å². The van der Waals surface area contributed by atoms with Gasteiger partial charge in [-0.1, -0.05) is 61.0 Å². The molecule has 100 valence electrons. The molecule has 0 aliphatic heterocycles. The third-order valence-electron chi connectivity index (χ3n) is 3.42. The molecular weight excluding hydrogens is 254 g/mol. The summed E-state index contributed by atoms with van der Waals surface area (Å²) in [7, 11) is 0. The fourth-order valence-electron chi connectivity index (χ4n) is 2.10. The van der Waals surface area contributed by atoms with Gasteiger partial charge in [-0.3, -0.25) is 0 Å². The molecule has 0 amide bonds. The SMILES string of the molecule is CCc1ccc(CNC(C)c2ccccc2Cl)cc1. The number of nitrogens with one attached hydrogen (secondary N) is 1. The van der Waals surface area contributed by atoms with Crippen LogP contribution in [0, 0.1) is 0 Å². The summed E-state index contributed by atoms with van der Waals surface area (Å²) in [5.41, 5.74) is 3.83. The molecule has 0 aromatic heterocycles. The first kappa shape index (κ1) is 14.1. The normalized spacial score (nSPS) is 12.4. The third-order valence-corrected chi connectivity index (χ3v) is 3.76. The standard InChI is InChI=1S/C17H20ClN/c1-3-14-8-10-15(11-9-14)12-19-13(2)16-6-4-5-7-17(16)18/h4-11,13,19H,3,12H2,1-2H3. The number of halogens is 1. The predicted octanol–water partition coefficient (Wildman–Crippen LogP) is 4.75. The highest BCUT2D eigenvalue weighted by Gasteiger charge is 2.08. The van der Waals surface area contributed by atoms with Crippen LogP contribution in [0.3, 0.4) is 0 Å². The van der Waals surface area contributed by atoms with Gasteiger partial charge in [-0.05, 0) is 36.1 Å². The van der Waals surface area contributed by atoms with Crippen LogP contribution in [0.4, 0.5) is 0 Å². The molecule has 1 unspecified atom stereocenters. The molecule has 2 aromatic carbocycles. The zero-order valence-corrected chi connectivity index (χ0v) is 12.2. The topological polar surface area (TPSA) is 12.0 Å². The van der Waals surface area contributed by atoms with Crippen molar-refractivity contribution >= 4 is 11.6 Å². The van der Waals surface area contributed by atoms with Crippen molar-refractivity contribution in [2.75, 3.05) is 0 Å². The smallest absolute Gasteiger partial charge is 0.0453 e. The van der Waals surface area contributed by atoms with Crippen LogP contribution in [0.2, 0.25) is 5.02 Å². The molecule has 0 fully saturated rings. The van der Waals surface area contributed by atoms with Crippen molar-refractivity contribution in [1.29, 1.82) is 0 Å². The van der Waals surface area contributed by atoms with Gasteiger partial charge in [0.1, 0.15) is 0 Å². The second kappa shape index (κ2) is 6.74. The summed E-state index contributed by atoms with van der Waals surface area (Å²) in [6.45, 7) is 5.17. The van der Waals surface area contributed by atoms with E-state index in [1.165, 1.54) is 11.1 Å². The Morgan fingerprint density at radius 2 is 1.63 bits per heavy atom. The summed E-state index contributed by atoms with van der Waals surface area (Å²) in [6, 6.07) is 17.0. The lowest BCUT2D eigenvalue weighted by Crippen LogP contribution is -2.18. The zero-order valence-electron chi connectivity index (χ0n) is 11.5. The summed E-state index contributed by atoms with van der Waals surface area (Å²) in [4.78, 5) is 0. The molecule has 19 heavy (non-hydrogen) atoms. The van der Waals surface area contributed by atoms with E-state index >= 15 is 0 Å². The Kier molecular flexibility index (Phi) is 5.00. The van der Waals surface area contributed by atoms with E-state index in [9.17, 15) is 0 Å². The van der Waals surface area contributed by atoms with Crippen LogP contribution in [-0.2, 0) is 13.0 Å². The van der Waals surface area contributed by atoms with Gasteiger partial charge >= 0.3 is 0 Å². The van der Waals surface area contributed by atoms with E-state index in [1.807, 2.05) is 18.2 Å². The maximum absolute atomic E-state index is 6.20. The average Bonchev–Trinajstić information content (AvgIpc) is 2.46. The van der Waals surface area contributed by atoms with Crippen molar-refractivity contribution in [2.45, 2.75) is 32.9 Å². The molecule has 0 heterocycles. The molecule has 0 saturated heterocycles. The van der Waals surface area contributed by atoms with Crippen molar-refractivity contribution in [2.24, 2.45) is 0 Å². The molecular formula is C17H20ClN. The van der Waals surface area contributed by atoms with E-state index in [0.717, 1.165) is 23.6 Å². The van der Waals surface area contributed by atoms with E-state index in [4.69, 9.17) is 11.6 Å². The van der Waals surface area contributed by atoms with Gasteiger partial charge in [0.05, 0.1) is 0 Å². The molecule has 0 radical (unpaired) electrons. The van der Waals surface area contributed by atoms with Gasteiger partial charge in [0.25, 0.3) is 0 Å². The Morgan fingerprint density at radius 3 is 2.26 bits per heavy atom. The minimum absolute atomic E-state index is 0.250. The van der Waals surface area contributed by atoms with Crippen LogP contribution in [0.25, 0.3) is 0 Å². The molecule has 2 rings (SSSR count). The maximum atomic E-state index is 6.20. The highest BCUT2D eigenvalue weighted by Crippen LogP contribution is 2.22. The second-order valence-corrected chi connectivity index (χ2v) is 5.20. The van der Waals surface area contributed by atoms with E-state index in [2.05, 4.69) is 49.5 Å². The molecule has 0 bridgehead atoms. The van der Waals surface area contributed by atoms with Crippen LogP contribution in [0.1, 0.15) is 36.6 Å². The van der Waals surface area contributed by atoms with Crippen LogP contribution in [0.15, 0.2) is 48.5 Å². The Hall–Kier alpha value is -1.31. The number of rotatable bonds is 5. The van der Waals surface area contributed by atoms with Crippen LogP contribution >= 0.6 is 11.6 Å². The van der Waals surface area contributed by atoms with Gasteiger partial charge < -0.3 is 5.32 Å². The number of aryl methyl sites for hydroxylation is 1. The summed E-state index contributed by atoms with van der Waals surface area (Å²) in [5.74, 6) is 0. The van der Waals surface area contributed by atoms with E-state index in [-0.39, 0.29) is 6.04 Å². The number of benzene rings is 2. The molecule has 0 aliphatic rings. The predicted molar refractivity (Wildman–Crippen MR) is 82.5 cm³/mol. The lowest BCUT2D eigenvalue weighted by molar-refractivity contribution is 0.575. The minimum atomic E-state index is 0.250. The summed E-state index contributed by atoms with van der Waals surface area (Å²) >= 11 is 6.20. The molecule has 1 nitrogen and oxygen atoms in total. The highest BCUT2D eigenvalue weighted by molar-refractivity contribution is 6.31. The molecule has 2 heteroatoms.